The third-order valence-corrected chi connectivity index (χ3v) is 4.28. The van der Waals surface area contributed by atoms with E-state index in [4.69, 9.17) is 4.42 Å². The molecule has 3 rings (SSSR count). The number of allylic oxidation sites excluding steroid dienone is 1. The molecule has 0 aromatic carbocycles. The summed E-state index contributed by atoms with van der Waals surface area (Å²) in [5, 5.41) is 0. The summed E-state index contributed by atoms with van der Waals surface area (Å²) in [4.78, 5) is 25.3. The van der Waals surface area contributed by atoms with Gasteiger partial charge in [-0.2, -0.15) is 0 Å². The van der Waals surface area contributed by atoms with Crippen molar-refractivity contribution in [2.45, 2.75) is 26.2 Å². The van der Waals surface area contributed by atoms with Crippen LogP contribution in [0, 0.1) is 0 Å². The number of carbonyl (C=O) groups is 1. The number of amides is 1. The van der Waals surface area contributed by atoms with Gasteiger partial charge < -0.3 is 14.2 Å². The van der Waals surface area contributed by atoms with E-state index in [2.05, 4.69) is 27.9 Å². The van der Waals surface area contributed by atoms with Crippen LogP contribution in [0.25, 0.3) is 6.08 Å². The molecule has 0 atom stereocenters. The van der Waals surface area contributed by atoms with Crippen molar-refractivity contribution in [2.75, 3.05) is 31.1 Å². The number of nitrogens with zero attached hydrogens (tertiary/aromatic N) is 4. The predicted octanol–water partition coefficient (Wildman–Crippen LogP) is 3.24. The number of furan rings is 1. The Morgan fingerprint density at radius 3 is 2.84 bits per heavy atom. The minimum absolute atomic E-state index is 0.0525. The Labute approximate surface area is 148 Å². The number of rotatable bonds is 6. The Morgan fingerprint density at radius 1 is 1.28 bits per heavy atom. The molecule has 132 valence electrons. The topological polar surface area (TPSA) is 62.5 Å². The molecule has 1 aliphatic rings. The SMILES string of the molecule is CCCC/C=C/c1cncc(N2CCN(C(=O)c3ccco3)CC2)n1. The number of hydrogen-bond donors (Lipinski definition) is 0. The molecule has 3 heterocycles. The summed E-state index contributed by atoms with van der Waals surface area (Å²) in [6.45, 7) is 4.97. The van der Waals surface area contributed by atoms with Crippen molar-refractivity contribution in [3.8, 4) is 0 Å². The first kappa shape index (κ1) is 17.2. The van der Waals surface area contributed by atoms with Crippen LogP contribution in [-0.2, 0) is 0 Å². The van der Waals surface area contributed by atoms with Crippen LogP contribution in [0.3, 0.4) is 0 Å². The van der Waals surface area contributed by atoms with Crippen molar-refractivity contribution in [2.24, 2.45) is 0 Å². The minimum Gasteiger partial charge on any atom is -0.459 e. The third kappa shape index (κ3) is 4.47. The monoisotopic (exact) mass is 340 g/mol. The molecule has 0 N–H and O–H groups in total. The summed E-state index contributed by atoms with van der Waals surface area (Å²) in [7, 11) is 0. The first-order valence-electron chi connectivity index (χ1n) is 8.84. The molecular weight excluding hydrogens is 316 g/mol. The molecule has 0 unspecified atom stereocenters. The third-order valence-electron chi connectivity index (χ3n) is 4.28. The highest BCUT2D eigenvalue weighted by atomic mass is 16.3. The van der Waals surface area contributed by atoms with Crippen LogP contribution >= 0.6 is 0 Å². The van der Waals surface area contributed by atoms with Gasteiger partial charge in [0.1, 0.15) is 5.82 Å². The molecule has 1 amide bonds. The largest absolute Gasteiger partial charge is 0.459 e. The molecule has 0 aliphatic carbocycles. The van der Waals surface area contributed by atoms with Gasteiger partial charge in [0.2, 0.25) is 0 Å². The Balaban J connectivity index is 1.57. The van der Waals surface area contributed by atoms with Gasteiger partial charge in [-0.3, -0.25) is 9.78 Å². The number of aromatic nitrogens is 2. The molecule has 0 spiro atoms. The van der Waals surface area contributed by atoms with Gasteiger partial charge in [0.25, 0.3) is 5.91 Å². The van der Waals surface area contributed by atoms with Crippen LogP contribution in [0.1, 0.15) is 42.4 Å². The average molecular weight is 340 g/mol. The lowest BCUT2D eigenvalue weighted by Crippen LogP contribution is -2.49. The second kappa shape index (κ2) is 8.46. The van der Waals surface area contributed by atoms with Crippen molar-refractivity contribution < 1.29 is 9.21 Å². The van der Waals surface area contributed by atoms with Crippen LogP contribution in [0.2, 0.25) is 0 Å². The zero-order valence-electron chi connectivity index (χ0n) is 14.6. The molecule has 1 saturated heterocycles. The maximum atomic E-state index is 12.3. The van der Waals surface area contributed by atoms with E-state index in [0.29, 0.717) is 18.8 Å². The fraction of sp³-hybridized carbons (Fsp3) is 0.421. The highest BCUT2D eigenvalue weighted by molar-refractivity contribution is 5.91. The molecule has 0 saturated carbocycles. The number of hydrogen-bond acceptors (Lipinski definition) is 5. The average Bonchev–Trinajstić information content (AvgIpc) is 3.20. The summed E-state index contributed by atoms with van der Waals surface area (Å²) < 4.78 is 5.20. The van der Waals surface area contributed by atoms with Crippen LogP contribution in [0.5, 0.6) is 0 Å². The van der Waals surface area contributed by atoms with E-state index < -0.39 is 0 Å². The van der Waals surface area contributed by atoms with E-state index in [1.807, 2.05) is 11.0 Å². The zero-order valence-corrected chi connectivity index (χ0v) is 14.6. The number of anilines is 1. The van der Waals surface area contributed by atoms with E-state index in [9.17, 15) is 4.79 Å². The fourth-order valence-electron chi connectivity index (χ4n) is 2.82. The second-order valence-electron chi connectivity index (χ2n) is 6.10. The predicted molar refractivity (Wildman–Crippen MR) is 97.4 cm³/mol. The number of carbonyl (C=O) groups excluding carboxylic acids is 1. The first-order valence-corrected chi connectivity index (χ1v) is 8.84. The summed E-state index contributed by atoms with van der Waals surface area (Å²) in [6, 6.07) is 3.44. The van der Waals surface area contributed by atoms with Gasteiger partial charge in [-0.1, -0.05) is 25.8 Å². The maximum absolute atomic E-state index is 12.3. The van der Waals surface area contributed by atoms with E-state index in [-0.39, 0.29) is 5.91 Å². The smallest absolute Gasteiger partial charge is 0.289 e. The van der Waals surface area contributed by atoms with Gasteiger partial charge in [-0.15, -0.1) is 0 Å². The molecule has 1 aliphatic heterocycles. The standard InChI is InChI=1S/C19H24N4O2/c1-2-3-4-5-7-16-14-20-15-18(21-16)22-9-11-23(12-10-22)19(24)17-8-6-13-25-17/h5-8,13-15H,2-4,9-12H2,1H3/b7-5+. The van der Waals surface area contributed by atoms with Gasteiger partial charge in [-0.25, -0.2) is 4.98 Å². The lowest BCUT2D eigenvalue weighted by molar-refractivity contribution is 0.0714. The molecule has 0 bridgehead atoms. The van der Waals surface area contributed by atoms with E-state index >= 15 is 0 Å². The second-order valence-corrected chi connectivity index (χ2v) is 6.10. The van der Waals surface area contributed by atoms with Crippen molar-refractivity contribution in [1.29, 1.82) is 0 Å². The van der Waals surface area contributed by atoms with Gasteiger partial charge in [0, 0.05) is 26.2 Å². The highest BCUT2D eigenvalue weighted by Gasteiger charge is 2.24. The Hall–Kier alpha value is -2.63. The van der Waals surface area contributed by atoms with Crippen molar-refractivity contribution in [3.05, 3.63) is 48.3 Å². The van der Waals surface area contributed by atoms with E-state index in [0.717, 1.165) is 31.0 Å². The van der Waals surface area contributed by atoms with E-state index in [1.165, 1.54) is 19.1 Å². The van der Waals surface area contributed by atoms with Crippen LogP contribution in [0.4, 0.5) is 5.82 Å². The van der Waals surface area contributed by atoms with Crippen molar-refractivity contribution in [1.82, 2.24) is 14.9 Å². The van der Waals surface area contributed by atoms with Gasteiger partial charge >= 0.3 is 0 Å². The molecule has 1 fully saturated rings. The lowest BCUT2D eigenvalue weighted by atomic mass is 10.2. The number of unbranched alkanes of at least 4 members (excludes halogenated alkanes) is 2. The van der Waals surface area contributed by atoms with Crippen molar-refractivity contribution in [3.63, 3.8) is 0 Å². The van der Waals surface area contributed by atoms with Crippen LogP contribution in [0.15, 0.2) is 41.3 Å². The molecule has 2 aromatic heterocycles. The highest BCUT2D eigenvalue weighted by Crippen LogP contribution is 2.15. The number of piperazine rings is 1. The summed E-state index contributed by atoms with van der Waals surface area (Å²) >= 11 is 0. The van der Waals surface area contributed by atoms with Crippen LogP contribution < -0.4 is 4.90 Å². The molecule has 25 heavy (non-hydrogen) atoms. The quantitative estimate of drug-likeness (QED) is 0.756. The fourth-order valence-corrected chi connectivity index (χ4v) is 2.82. The van der Waals surface area contributed by atoms with Gasteiger partial charge in [0.05, 0.1) is 24.4 Å². The molecule has 6 nitrogen and oxygen atoms in total. The molecule has 2 aromatic rings. The van der Waals surface area contributed by atoms with Crippen molar-refractivity contribution >= 4 is 17.8 Å². The van der Waals surface area contributed by atoms with Gasteiger partial charge in [0.15, 0.2) is 5.76 Å². The molecular formula is C19H24N4O2. The molecule has 0 radical (unpaired) electrons. The first-order chi connectivity index (χ1) is 12.3. The minimum atomic E-state index is -0.0525. The van der Waals surface area contributed by atoms with E-state index in [1.54, 1.807) is 24.5 Å². The normalized spacial score (nSPS) is 15.1. The van der Waals surface area contributed by atoms with Crippen LogP contribution in [-0.4, -0.2) is 47.0 Å². The van der Waals surface area contributed by atoms with Gasteiger partial charge in [-0.05, 0) is 24.6 Å². The summed E-state index contributed by atoms with van der Waals surface area (Å²) in [5.74, 6) is 1.21. The Bertz CT molecular complexity index is 704. The Morgan fingerprint density at radius 2 is 2.12 bits per heavy atom. The summed E-state index contributed by atoms with van der Waals surface area (Å²) in [5.41, 5.74) is 0.877. The maximum Gasteiger partial charge on any atom is 0.289 e. The summed E-state index contributed by atoms with van der Waals surface area (Å²) in [6.07, 6.45) is 12.7. The zero-order chi connectivity index (χ0) is 17.5. The Kier molecular flexibility index (Phi) is 5.82. The lowest BCUT2D eigenvalue weighted by Gasteiger charge is -2.34. The molecule has 6 heteroatoms.